The number of hydrogen-bond acceptors (Lipinski definition) is 6. The van der Waals surface area contributed by atoms with Crippen molar-refractivity contribution in [2.75, 3.05) is 6.61 Å². The second kappa shape index (κ2) is 9.96. The summed E-state index contributed by atoms with van der Waals surface area (Å²) in [7, 11) is 0. The average molecular weight is 617 g/mol. The Morgan fingerprint density at radius 3 is 2.57 bits per heavy atom. The van der Waals surface area contributed by atoms with Crippen LogP contribution in [-0.4, -0.2) is 17.1 Å². The molecule has 2 aromatic heterocycles. The molecule has 4 aromatic rings. The molecule has 0 unspecified atom stereocenters. The molecule has 0 N–H and O–H groups in total. The number of nitrogens with zero attached hydrogens (tertiary/aromatic N) is 2. The Labute approximate surface area is 223 Å². The van der Waals surface area contributed by atoms with Crippen molar-refractivity contribution in [3.05, 3.63) is 118 Å². The highest BCUT2D eigenvalue weighted by molar-refractivity contribution is 14.1. The summed E-state index contributed by atoms with van der Waals surface area (Å²) in [4.78, 5) is 32.3. The molecule has 1 atom stereocenters. The van der Waals surface area contributed by atoms with Gasteiger partial charge in [0.05, 0.1) is 28.5 Å². The van der Waals surface area contributed by atoms with Crippen LogP contribution in [-0.2, 0) is 9.53 Å². The van der Waals surface area contributed by atoms with E-state index in [9.17, 15) is 9.59 Å². The summed E-state index contributed by atoms with van der Waals surface area (Å²) in [6.07, 6.45) is 1.70. The number of ether oxygens (including phenoxy) is 1. The van der Waals surface area contributed by atoms with Crippen LogP contribution >= 0.6 is 45.5 Å². The average Bonchev–Trinajstić information content (AvgIpc) is 3.41. The van der Waals surface area contributed by atoms with Gasteiger partial charge >= 0.3 is 5.97 Å². The SMILES string of the molecule is CCOC(=O)C1=C(c2ccccc2)N=c2s/c(=C\c3ccc(I)o3)c(=O)n2[C@H]1c1ccc(Cl)cc1. The molecule has 0 aliphatic carbocycles. The lowest BCUT2D eigenvalue weighted by Gasteiger charge is -2.25. The lowest BCUT2D eigenvalue weighted by atomic mass is 9.93. The third kappa shape index (κ3) is 4.65. The fraction of sp³-hybridized carbons (Fsp3) is 0.115. The van der Waals surface area contributed by atoms with Crippen molar-refractivity contribution in [3.63, 3.8) is 0 Å². The topological polar surface area (TPSA) is 73.8 Å². The molecule has 0 saturated carbocycles. The van der Waals surface area contributed by atoms with Gasteiger partial charge in [0, 0.05) is 16.7 Å². The number of hydrogen-bond donors (Lipinski definition) is 0. The van der Waals surface area contributed by atoms with Crippen LogP contribution in [0.2, 0.25) is 5.02 Å². The molecule has 0 fully saturated rings. The maximum atomic E-state index is 13.7. The minimum atomic E-state index is -0.739. The second-order valence-electron chi connectivity index (χ2n) is 7.62. The first-order valence-corrected chi connectivity index (χ1v) is 13.0. The fourth-order valence-electron chi connectivity index (χ4n) is 3.94. The molecule has 9 heteroatoms. The number of halogens is 2. The van der Waals surface area contributed by atoms with Gasteiger partial charge in [-0.2, -0.15) is 0 Å². The molecular formula is C26H18ClIN2O4S. The first kappa shape index (κ1) is 23.8. The van der Waals surface area contributed by atoms with E-state index in [1.165, 1.54) is 11.3 Å². The number of rotatable bonds is 5. The summed E-state index contributed by atoms with van der Waals surface area (Å²) < 4.78 is 13.8. The van der Waals surface area contributed by atoms with E-state index in [2.05, 4.69) is 22.6 Å². The third-order valence-electron chi connectivity index (χ3n) is 5.43. The van der Waals surface area contributed by atoms with Gasteiger partial charge in [0.1, 0.15) is 5.76 Å². The standard InChI is InChI=1S/C26H18ClIN2O4S/c1-2-33-25(32)21-22(15-6-4-3-5-7-15)29-26-30(23(21)16-8-10-17(27)11-9-16)24(31)19(35-26)14-18-12-13-20(28)34-18/h3-14,23H,2H2,1H3/b19-14-/t23-/m0/s1. The summed E-state index contributed by atoms with van der Waals surface area (Å²) in [6, 6.07) is 19.4. The van der Waals surface area contributed by atoms with Gasteiger partial charge in [-0.05, 0) is 59.3 Å². The zero-order chi connectivity index (χ0) is 24.5. The highest BCUT2D eigenvalue weighted by atomic mass is 127. The maximum Gasteiger partial charge on any atom is 0.338 e. The lowest BCUT2D eigenvalue weighted by Crippen LogP contribution is -2.40. The van der Waals surface area contributed by atoms with E-state index in [1.54, 1.807) is 35.8 Å². The van der Waals surface area contributed by atoms with E-state index >= 15 is 0 Å². The molecule has 6 nitrogen and oxygen atoms in total. The number of carbonyl (C=O) groups excluding carboxylic acids is 1. The van der Waals surface area contributed by atoms with Crippen LogP contribution in [0.3, 0.4) is 0 Å². The van der Waals surface area contributed by atoms with Crippen molar-refractivity contribution < 1.29 is 13.9 Å². The number of fused-ring (bicyclic) bond motifs is 1. The molecule has 0 amide bonds. The number of benzene rings is 2. The van der Waals surface area contributed by atoms with E-state index in [0.717, 1.165) is 14.9 Å². The minimum absolute atomic E-state index is 0.194. The van der Waals surface area contributed by atoms with E-state index < -0.39 is 12.0 Å². The number of thiazole rings is 1. The van der Waals surface area contributed by atoms with E-state index in [0.29, 0.717) is 31.4 Å². The Hall–Kier alpha value is -2.95. The first-order chi connectivity index (χ1) is 17.0. The van der Waals surface area contributed by atoms with E-state index in [1.807, 2.05) is 48.5 Å². The highest BCUT2D eigenvalue weighted by Gasteiger charge is 2.35. The molecule has 5 rings (SSSR count). The van der Waals surface area contributed by atoms with E-state index in [4.69, 9.17) is 25.7 Å². The van der Waals surface area contributed by atoms with Gasteiger partial charge in [0.15, 0.2) is 8.57 Å². The Bertz CT molecular complexity index is 1620. The summed E-state index contributed by atoms with van der Waals surface area (Å²) in [5.74, 6) is 0.0421. The summed E-state index contributed by atoms with van der Waals surface area (Å²) in [6.45, 7) is 1.94. The second-order valence-corrected chi connectivity index (χ2v) is 10.1. The Morgan fingerprint density at radius 2 is 1.91 bits per heavy atom. The fourth-order valence-corrected chi connectivity index (χ4v) is 5.48. The van der Waals surface area contributed by atoms with E-state index in [-0.39, 0.29) is 12.2 Å². The van der Waals surface area contributed by atoms with Crippen LogP contribution in [0.25, 0.3) is 11.8 Å². The number of furan rings is 1. The largest absolute Gasteiger partial charge is 0.463 e. The molecule has 2 aromatic carbocycles. The van der Waals surface area contributed by atoms with Crippen molar-refractivity contribution in [2.45, 2.75) is 13.0 Å². The molecule has 1 aliphatic rings. The molecule has 0 radical (unpaired) electrons. The van der Waals surface area contributed by atoms with Crippen molar-refractivity contribution in [2.24, 2.45) is 4.99 Å². The molecule has 35 heavy (non-hydrogen) atoms. The summed E-state index contributed by atoms with van der Waals surface area (Å²) in [5, 5.41) is 0.554. The zero-order valence-electron chi connectivity index (χ0n) is 18.4. The molecule has 3 heterocycles. The van der Waals surface area contributed by atoms with Crippen molar-refractivity contribution in [1.29, 1.82) is 0 Å². The van der Waals surface area contributed by atoms with Crippen molar-refractivity contribution >= 4 is 63.3 Å². The molecule has 0 saturated heterocycles. The minimum Gasteiger partial charge on any atom is -0.463 e. The van der Waals surface area contributed by atoms with Gasteiger partial charge in [-0.3, -0.25) is 9.36 Å². The van der Waals surface area contributed by atoms with Crippen LogP contribution in [0.4, 0.5) is 0 Å². The molecule has 176 valence electrons. The van der Waals surface area contributed by atoms with Gasteiger partial charge in [-0.25, -0.2) is 9.79 Å². The lowest BCUT2D eigenvalue weighted by molar-refractivity contribution is -0.138. The predicted octanol–water partition coefficient (Wildman–Crippen LogP) is 4.79. The monoisotopic (exact) mass is 616 g/mol. The highest BCUT2D eigenvalue weighted by Crippen LogP contribution is 2.35. The Kier molecular flexibility index (Phi) is 6.77. The van der Waals surface area contributed by atoms with Crippen molar-refractivity contribution in [1.82, 2.24) is 4.57 Å². The Morgan fingerprint density at radius 1 is 1.17 bits per heavy atom. The van der Waals surface area contributed by atoms with Crippen LogP contribution < -0.4 is 14.9 Å². The van der Waals surface area contributed by atoms with Gasteiger partial charge in [-0.15, -0.1) is 0 Å². The molecule has 0 spiro atoms. The number of carbonyl (C=O) groups is 1. The zero-order valence-corrected chi connectivity index (χ0v) is 22.1. The number of esters is 1. The quantitative estimate of drug-likeness (QED) is 0.239. The van der Waals surface area contributed by atoms with Gasteiger partial charge in [0.2, 0.25) is 0 Å². The molecule has 1 aliphatic heterocycles. The predicted molar refractivity (Wildman–Crippen MR) is 144 cm³/mol. The first-order valence-electron chi connectivity index (χ1n) is 10.8. The van der Waals surface area contributed by atoms with Gasteiger partial charge < -0.3 is 9.15 Å². The smallest absolute Gasteiger partial charge is 0.338 e. The summed E-state index contributed by atoms with van der Waals surface area (Å²) in [5.41, 5.74) is 1.99. The molecule has 0 bridgehead atoms. The van der Waals surface area contributed by atoms with Crippen LogP contribution in [0.15, 0.2) is 86.5 Å². The summed E-state index contributed by atoms with van der Waals surface area (Å²) >= 11 is 9.47. The maximum absolute atomic E-state index is 13.7. The Balaban J connectivity index is 1.83. The van der Waals surface area contributed by atoms with Crippen molar-refractivity contribution in [3.8, 4) is 0 Å². The number of aromatic nitrogens is 1. The third-order valence-corrected chi connectivity index (χ3v) is 7.24. The normalized spacial score (nSPS) is 15.6. The van der Waals surface area contributed by atoms with Gasteiger partial charge in [0.25, 0.3) is 5.56 Å². The van der Waals surface area contributed by atoms with Crippen LogP contribution in [0.1, 0.15) is 29.9 Å². The van der Waals surface area contributed by atoms with Crippen LogP contribution in [0, 0.1) is 3.77 Å². The van der Waals surface area contributed by atoms with Gasteiger partial charge in [-0.1, -0.05) is 65.4 Å². The van der Waals surface area contributed by atoms with Crippen LogP contribution in [0.5, 0.6) is 0 Å². The molecular weight excluding hydrogens is 599 g/mol.